The molecule has 0 aliphatic rings. The first-order valence-corrected chi connectivity index (χ1v) is 15.4. The van der Waals surface area contributed by atoms with Crippen molar-refractivity contribution in [3.63, 3.8) is 0 Å². The highest BCUT2D eigenvalue weighted by atomic mass is 16.7. The summed E-state index contributed by atoms with van der Waals surface area (Å²) >= 11 is 0. The molecule has 0 radical (unpaired) electrons. The Kier molecular flexibility index (Phi) is 12.5. The summed E-state index contributed by atoms with van der Waals surface area (Å²) in [7, 11) is 0. The van der Waals surface area contributed by atoms with Crippen LogP contribution >= 0.6 is 0 Å². The van der Waals surface area contributed by atoms with E-state index >= 15 is 0 Å². The number of rotatable bonds is 17. The lowest BCUT2D eigenvalue weighted by Crippen LogP contribution is -2.23. The molecule has 0 saturated heterocycles. The predicted molar refractivity (Wildman–Crippen MR) is 169 cm³/mol. The minimum atomic E-state index is -0.863. The molecule has 0 spiro atoms. The zero-order valence-corrected chi connectivity index (χ0v) is 25.9. The van der Waals surface area contributed by atoms with Crippen molar-refractivity contribution < 1.29 is 49.0 Å². The van der Waals surface area contributed by atoms with Gasteiger partial charge >= 0.3 is 12.3 Å². The average Bonchev–Trinajstić information content (AvgIpc) is 3.63. The molecule has 2 unspecified atom stereocenters. The number of aliphatic hydroxyl groups is 2. The lowest BCUT2D eigenvalue weighted by molar-refractivity contribution is 0.102. The number of hydrogen-bond donors (Lipinski definition) is 8. The number of carbonyl (C=O) groups is 2. The van der Waals surface area contributed by atoms with Gasteiger partial charge in [0.2, 0.25) is 11.8 Å². The van der Waals surface area contributed by atoms with E-state index in [0.717, 1.165) is 25.7 Å². The van der Waals surface area contributed by atoms with E-state index in [9.17, 15) is 30.0 Å². The van der Waals surface area contributed by atoms with Gasteiger partial charge in [0.25, 0.3) is 0 Å². The number of ether oxygens (including phenoxy) is 4. The van der Waals surface area contributed by atoms with E-state index in [1.165, 1.54) is 12.1 Å². The van der Waals surface area contributed by atoms with Gasteiger partial charge in [-0.05, 0) is 63.0 Å². The van der Waals surface area contributed by atoms with Gasteiger partial charge in [0.1, 0.15) is 11.5 Å². The third-order valence-electron chi connectivity index (χ3n) is 7.32. The second-order valence-corrected chi connectivity index (χ2v) is 10.6. The smallest absolute Gasteiger partial charge is 0.506 e. The van der Waals surface area contributed by atoms with Crippen LogP contribution in [-0.4, -0.2) is 82.1 Å². The van der Waals surface area contributed by atoms with E-state index in [1.807, 2.05) is 0 Å². The van der Waals surface area contributed by atoms with Gasteiger partial charge in [-0.1, -0.05) is 25.0 Å². The molecular weight excluding hydrogens is 600 g/mol. The number of nitrogens with one attached hydrogen (secondary N) is 4. The molecule has 14 nitrogen and oxygen atoms in total. The zero-order valence-electron chi connectivity index (χ0n) is 25.9. The van der Waals surface area contributed by atoms with Crippen LogP contribution in [0, 0.1) is 0 Å². The maximum absolute atomic E-state index is 11.6. The molecule has 2 heterocycles. The average molecular weight is 643 g/mol. The Bertz CT molecular complexity index is 1480. The van der Waals surface area contributed by atoms with E-state index < -0.39 is 24.5 Å². The molecule has 4 rings (SSSR count). The summed E-state index contributed by atoms with van der Waals surface area (Å²) in [5.74, 6) is 0.151. The molecule has 2 aromatic heterocycles. The molecule has 0 fully saturated rings. The summed E-state index contributed by atoms with van der Waals surface area (Å²) in [4.78, 5) is 29.0. The molecule has 2 atom stereocenters. The van der Waals surface area contributed by atoms with Gasteiger partial charge in [0.15, 0.2) is 0 Å². The van der Waals surface area contributed by atoms with E-state index in [2.05, 4.69) is 20.6 Å². The number of hydrogen-bond acceptors (Lipinski definition) is 12. The predicted octanol–water partition coefficient (Wildman–Crippen LogP) is 4.64. The van der Waals surface area contributed by atoms with Gasteiger partial charge in [0.05, 0.1) is 36.5 Å². The summed E-state index contributed by atoms with van der Waals surface area (Å²) in [5, 5.41) is 49.6. The van der Waals surface area contributed by atoms with Crippen LogP contribution in [0.2, 0.25) is 0 Å². The molecule has 4 aromatic rings. The molecule has 250 valence electrons. The van der Waals surface area contributed by atoms with Crippen LogP contribution in [0.25, 0.3) is 21.8 Å². The highest BCUT2D eigenvalue weighted by Gasteiger charge is 2.19. The quantitative estimate of drug-likeness (QED) is 0.0586. The Morgan fingerprint density at radius 1 is 0.696 bits per heavy atom. The fourth-order valence-corrected chi connectivity index (χ4v) is 5.12. The van der Waals surface area contributed by atoms with Crippen LogP contribution in [0.3, 0.4) is 0 Å². The minimum Gasteiger partial charge on any atom is -0.506 e. The van der Waals surface area contributed by atoms with E-state index in [-0.39, 0.29) is 36.5 Å². The number of unbranched alkanes of at least 4 members (excludes halogenated alkanes) is 3. The Labute approximate surface area is 265 Å². The summed E-state index contributed by atoms with van der Waals surface area (Å²) < 4.78 is 19.7. The lowest BCUT2D eigenvalue weighted by Gasteiger charge is -2.14. The largest absolute Gasteiger partial charge is 0.515 e. The number of aromatic amines is 2. The minimum absolute atomic E-state index is 0.0311. The SMILES string of the molecule is CCOC(=O)Oc1cc2c(C(O)CNCCCCCCNCC(O)c3ccc(O)c4[nH]c(OC(=O)OCC)cc34)ccc(O)c2[nH]1. The van der Waals surface area contributed by atoms with Crippen LogP contribution in [0.1, 0.15) is 62.9 Å². The fourth-order valence-electron chi connectivity index (χ4n) is 5.12. The number of aromatic hydroxyl groups is 2. The van der Waals surface area contributed by atoms with Gasteiger partial charge in [-0.15, -0.1) is 0 Å². The summed E-state index contributed by atoms with van der Waals surface area (Å²) in [6.07, 6.45) is 0.372. The molecule has 46 heavy (non-hydrogen) atoms. The van der Waals surface area contributed by atoms with Gasteiger partial charge in [-0.25, -0.2) is 9.59 Å². The molecule has 2 aromatic carbocycles. The van der Waals surface area contributed by atoms with Crippen LogP contribution in [0.15, 0.2) is 36.4 Å². The van der Waals surface area contributed by atoms with Crippen LogP contribution < -0.4 is 20.1 Å². The number of aromatic nitrogens is 2. The number of phenolic OH excluding ortho intramolecular Hbond substituents is 2. The second kappa shape index (κ2) is 16.7. The van der Waals surface area contributed by atoms with Crippen molar-refractivity contribution in [1.29, 1.82) is 0 Å². The Morgan fingerprint density at radius 2 is 1.11 bits per heavy atom. The third kappa shape index (κ3) is 9.03. The number of fused-ring (bicyclic) bond motifs is 2. The topological polar surface area (TPSA) is 208 Å². The fraction of sp³-hybridized carbons (Fsp3) is 0.438. The zero-order chi connectivity index (χ0) is 33.1. The second-order valence-electron chi connectivity index (χ2n) is 10.6. The molecule has 0 aliphatic carbocycles. The van der Waals surface area contributed by atoms with E-state index in [0.29, 0.717) is 59.1 Å². The first-order valence-electron chi connectivity index (χ1n) is 15.4. The standard InChI is InChI=1S/C32H42N4O10/c1-3-43-31(41)45-27-15-21-19(9-11-23(37)29(21)35-27)25(39)17-33-13-7-5-6-8-14-34-18-26(40)20-10-12-24(38)30-22(20)16-28(36-30)46-32(42)44-4-2/h9-12,15-16,25-26,33-40H,3-8,13-14,17-18H2,1-2H3. The number of H-pyrrole nitrogens is 2. The van der Waals surface area contributed by atoms with Crippen molar-refractivity contribution in [2.75, 3.05) is 39.4 Å². The number of aliphatic hydroxyl groups excluding tert-OH is 2. The van der Waals surface area contributed by atoms with Crippen LogP contribution in [0.4, 0.5) is 9.59 Å². The van der Waals surface area contributed by atoms with Crippen molar-refractivity contribution in [3.05, 3.63) is 47.5 Å². The molecular formula is C32H42N4O10. The van der Waals surface area contributed by atoms with Gasteiger partial charge in [-0.2, -0.15) is 0 Å². The maximum Gasteiger partial charge on any atom is 0.515 e. The number of phenols is 2. The van der Waals surface area contributed by atoms with E-state index in [1.54, 1.807) is 38.1 Å². The number of carbonyl (C=O) groups excluding carboxylic acids is 2. The molecule has 0 bridgehead atoms. The Morgan fingerprint density at radius 3 is 1.50 bits per heavy atom. The summed E-state index contributed by atoms with van der Waals surface area (Å²) in [6.45, 7) is 5.70. The summed E-state index contributed by atoms with van der Waals surface area (Å²) in [5.41, 5.74) is 1.87. The Hall–Kier alpha value is -4.50. The van der Waals surface area contributed by atoms with Crippen molar-refractivity contribution in [1.82, 2.24) is 20.6 Å². The van der Waals surface area contributed by atoms with Gasteiger partial charge < -0.3 is 60.0 Å². The Balaban J connectivity index is 1.14. The first kappa shape index (κ1) is 34.4. The number of benzene rings is 2. The monoisotopic (exact) mass is 642 g/mol. The first-order chi connectivity index (χ1) is 22.2. The van der Waals surface area contributed by atoms with Crippen LogP contribution in [0.5, 0.6) is 23.3 Å². The van der Waals surface area contributed by atoms with Crippen molar-refractivity contribution in [2.24, 2.45) is 0 Å². The van der Waals surface area contributed by atoms with Crippen molar-refractivity contribution in [2.45, 2.75) is 51.7 Å². The maximum atomic E-state index is 11.6. The van der Waals surface area contributed by atoms with Gasteiger partial charge in [0, 0.05) is 36.0 Å². The molecule has 8 N–H and O–H groups in total. The molecule has 0 amide bonds. The van der Waals surface area contributed by atoms with Crippen LogP contribution in [-0.2, 0) is 9.47 Å². The highest BCUT2D eigenvalue weighted by molar-refractivity contribution is 5.91. The van der Waals surface area contributed by atoms with Gasteiger partial charge in [-0.3, -0.25) is 0 Å². The van der Waals surface area contributed by atoms with Crippen molar-refractivity contribution >= 4 is 34.1 Å². The van der Waals surface area contributed by atoms with Crippen molar-refractivity contribution in [3.8, 4) is 23.3 Å². The lowest BCUT2D eigenvalue weighted by atomic mass is 10.0. The van der Waals surface area contributed by atoms with E-state index in [4.69, 9.17) is 18.9 Å². The molecule has 0 aliphatic heterocycles. The summed E-state index contributed by atoms with van der Waals surface area (Å²) in [6, 6.07) is 9.31. The molecule has 14 heteroatoms. The third-order valence-corrected chi connectivity index (χ3v) is 7.32. The normalized spacial score (nSPS) is 12.7. The highest BCUT2D eigenvalue weighted by Crippen LogP contribution is 2.35. The molecule has 0 saturated carbocycles.